The number of nitrogens with two attached hydrogens (primary N) is 1. The Balaban J connectivity index is 3.41. The molecule has 0 aliphatic rings. The maximum atomic E-state index is 12.5. The second-order valence-corrected chi connectivity index (χ2v) is 4.19. The third-order valence-corrected chi connectivity index (χ3v) is 2.31. The van der Waals surface area contributed by atoms with Gasteiger partial charge in [-0.25, -0.2) is 0 Å². The molecule has 1 aromatic carbocycles. The van der Waals surface area contributed by atoms with Gasteiger partial charge in [-0.05, 0) is 19.1 Å². The Morgan fingerprint density at radius 1 is 1.35 bits per heavy atom. The SMILES string of the molecule is Cc1c(C(F)(F)F)ccc(N)c1OS(=O)(=O)O. The summed E-state index contributed by atoms with van der Waals surface area (Å²) in [6.45, 7) is 0.986. The smallest absolute Gasteiger partial charge is 0.396 e. The van der Waals surface area contributed by atoms with E-state index in [4.69, 9.17) is 10.3 Å². The van der Waals surface area contributed by atoms with Crippen molar-refractivity contribution in [2.24, 2.45) is 0 Å². The Bertz CT molecular complexity index is 538. The fourth-order valence-electron chi connectivity index (χ4n) is 1.24. The Morgan fingerprint density at radius 3 is 2.29 bits per heavy atom. The van der Waals surface area contributed by atoms with E-state index in [0.717, 1.165) is 13.0 Å². The number of anilines is 1. The van der Waals surface area contributed by atoms with E-state index in [1.165, 1.54) is 0 Å². The number of rotatable bonds is 2. The summed E-state index contributed by atoms with van der Waals surface area (Å²) in [4.78, 5) is 0. The maximum Gasteiger partial charge on any atom is 0.446 e. The lowest BCUT2D eigenvalue weighted by molar-refractivity contribution is -0.138. The predicted octanol–water partition coefficient (Wildman–Crippen LogP) is 1.78. The van der Waals surface area contributed by atoms with Crippen LogP contribution in [0.5, 0.6) is 5.75 Å². The van der Waals surface area contributed by atoms with Crippen LogP contribution in [0.4, 0.5) is 18.9 Å². The van der Waals surface area contributed by atoms with Crippen molar-refractivity contribution in [3.63, 3.8) is 0 Å². The van der Waals surface area contributed by atoms with Crippen LogP contribution < -0.4 is 9.92 Å². The summed E-state index contributed by atoms with van der Waals surface area (Å²) in [5, 5.41) is 0. The maximum absolute atomic E-state index is 12.5. The summed E-state index contributed by atoms with van der Waals surface area (Å²) in [6.07, 6.45) is -4.67. The summed E-state index contributed by atoms with van der Waals surface area (Å²) >= 11 is 0. The summed E-state index contributed by atoms with van der Waals surface area (Å²) in [5.74, 6) is -0.734. The van der Waals surface area contributed by atoms with Gasteiger partial charge in [-0.15, -0.1) is 0 Å². The number of hydrogen-bond donors (Lipinski definition) is 2. The first-order valence-electron chi connectivity index (χ1n) is 4.15. The fraction of sp³-hybridized carbons (Fsp3) is 0.250. The van der Waals surface area contributed by atoms with Gasteiger partial charge >= 0.3 is 16.6 Å². The van der Waals surface area contributed by atoms with Crippen molar-refractivity contribution in [2.45, 2.75) is 13.1 Å². The molecule has 1 aromatic rings. The van der Waals surface area contributed by atoms with Crippen LogP contribution in [0.25, 0.3) is 0 Å². The summed E-state index contributed by atoms with van der Waals surface area (Å²) < 4.78 is 70.8. The van der Waals surface area contributed by atoms with Crippen LogP contribution in [-0.4, -0.2) is 13.0 Å². The molecule has 0 amide bonds. The molecule has 0 fully saturated rings. The molecule has 0 unspecified atom stereocenters. The molecule has 0 aliphatic heterocycles. The molecule has 9 heteroatoms. The molecule has 0 saturated heterocycles. The largest absolute Gasteiger partial charge is 0.446 e. The third-order valence-electron chi connectivity index (χ3n) is 1.93. The zero-order chi connectivity index (χ0) is 13.4. The van der Waals surface area contributed by atoms with E-state index >= 15 is 0 Å². The van der Waals surface area contributed by atoms with Crippen LogP contribution in [0.3, 0.4) is 0 Å². The fourth-order valence-corrected chi connectivity index (χ4v) is 1.67. The standard InChI is InChI=1S/C8H8F3NO4S/c1-4-5(8(9,10)11)2-3-6(12)7(4)16-17(13,14)15/h2-3H,12H2,1H3,(H,13,14,15). The molecule has 3 N–H and O–H groups in total. The molecule has 96 valence electrons. The minimum Gasteiger partial charge on any atom is -0.396 e. The quantitative estimate of drug-likeness (QED) is 0.632. The van der Waals surface area contributed by atoms with Crippen molar-refractivity contribution in [2.75, 3.05) is 5.73 Å². The highest BCUT2D eigenvalue weighted by Crippen LogP contribution is 2.38. The van der Waals surface area contributed by atoms with Crippen molar-refractivity contribution >= 4 is 16.1 Å². The van der Waals surface area contributed by atoms with Crippen LogP contribution >= 0.6 is 0 Å². The lowest BCUT2D eigenvalue weighted by atomic mass is 10.1. The van der Waals surface area contributed by atoms with Gasteiger partial charge in [0.1, 0.15) is 0 Å². The Morgan fingerprint density at radius 2 is 1.88 bits per heavy atom. The van der Waals surface area contributed by atoms with Crippen molar-refractivity contribution < 1.29 is 30.3 Å². The highest BCUT2D eigenvalue weighted by atomic mass is 32.3. The molecular weight excluding hydrogens is 263 g/mol. The first-order valence-corrected chi connectivity index (χ1v) is 5.52. The first-order chi connectivity index (χ1) is 7.52. The third kappa shape index (κ3) is 3.24. The zero-order valence-corrected chi connectivity index (χ0v) is 9.26. The van der Waals surface area contributed by atoms with Gasteiger partial charge in [0.05, 0.1) is 11.3 Å². The van der Waals surface area contributed by atoms with Gasteiger partial charge in [-0.2, -0.15) is 21.6 Å². The molecule has 1 rings (SSSR count). The summed E-state index contributed by atoms with van der Waals surface area (Å²) in [5.41, 5.74) is 3.34. The summed E-state index contributed by atoms with van der Waals surface area (Å²) in [7, 11) is -4.93. The molecule has 0 aliphatic carbocycles. The van der Waals surface area contributed by atoms with Crippen molar-refractivity contribution in [1.29, 1.82) is 0 Å². The van der Waals surface area contributed by atoms with Gasteiger partial charge in [0.2, 0.25) is 0 Å². The molecule has 17 heavy (non-hydrogen) atoms. The zero-order valence-electron chi connectivity index (χ0n) is 8.45. The lowest BCUT2D eigenvalue weighted by Gasteiger charge is -2.14. The van der Waals surface area contributed by atoms with Crippen LogP contribution in [0, 0.1) is 6.92 Å². The van der Waals surface area contributed by atoms with Gasteiger partial charge in [0.25, 0.3) is 0 Å². The van der Waals surface area contributed by atoms with E-state index in [0.29, 0.717) is 6.07 Å². The van der Waals surface area contributed by atoms with Crippen LogP contribution in [-0.2, 0) is 16.6 Å². The van der Waals surface area contributed by atoms with Gasteiger partial charge in [0.15, 0.2) is 5.75 Å². The first kappa shape index (κ1) is 13.6. The number of halogens is 3. The van der Waals surface area contributed by atoms with Crippen LogP contribution in [0.2, 0.25) is 0 Å². The van der Waals surface area contributed by atoms with Crippen molar-refractivity contribution in [3.8, 4) is 5.75 Å². The minimum absolute atomic E-state index is 0.326. The Kier molecular flexibility index (Phi) is 3.26. The molecular formula is C8H8F3NO4S. The number of nitrogen functional groups attached to an aromatic ring is 1. The van der Waals surface area contributed by atoms with E-state index in [-0.39, 0.29) is 5.69 Å². The van der Waals surface area contributed by atoms with Gasteiger partial charge in [0, 0.05) is 5.56 Å². The molecule has 0 heterocycles. The minimum atomic E-state index is -4.93. The van der Waals surface area contributed by atoms with E-state index in [1.807, 2.05) is 0 Å². The second kappa shape index (κ2) is 4.08. The van der Waals surface area contributed by atoms with E-state index in [2.05, 4.69) is 4.18 Å². The van der Waals surface area contributed by atoms with Crippen molar-refractivity contribution in [3.05, 3.63) is 23.3 Å². The Labute approximate surface area is 94.9 Å². The van der Waals surface area contributed by atoms with Crippen LogP contribution in [0.15, 0.2) is 12.1 Å². The molecule has 0 spiro atoms. The van der Waals surface area contributed by atoms with Gasteiger partial charge in [-0.3, -0.25) is 4.55 Å². The molecule has 0 bridgehead atoms. The molecule has 0 atom stereocenters. The van der Waals surface area contributed by atoms with E-state index in [9.17, 15) is 21.6 Å². The lowest BCUT2D eigenvalue weighted by Crippen LogP contribution is -2.13. The predicted molar refractivity (Wildman–Crippen MR) is 52.8 cm³/mol. The number of hydrogen-bond acceptors (Lipinski definition) is 4. The van der Waals surface area contributed by atoms with Crippen molar-refractivity contribution in [1.82, 2.24) is 0 Å². The monoisotopic (exact) mass is 271 g/mol. The van der Waals surface area contributed by atoms with Gasteiger partial charge in [-0.1, -0.05) is 0 Å². The Hall–Kier alpha value is -1.48. The summed E-state index contributed by atoms with van der Waals surface area (Å²) in [6, 6.07) is 1.54. The normalized spacial score (nSPS) is 12.5. The van der Waals surface area contributed by atoms with E-state index < -0.39 is 33.5 Å². The highest BCUT2D eigenvalue weighted by Gasteiger charge is 2.34. The topological polar surface area (TPSA) is 89.6 Å². The second-order valence-electron chi connectivity index (χ2n) is 3.17. The highest BCUT2D eigenvalue weighted by molar-refractivity contribution is 7.81. The molecule has 5 nitrogen and oxygen atoms in total. The number of alkyl halides is 3. The molecule has 0 saturated carbocycles. The van der Waals surface area contributed by atoms with Crippen LogP contribution in [0.1, 0.15) is 11.1 Å². The van der Waals surface area contributed by atoms with E-state index in [1.54, 1.807) is 0 Å². The number of benzene rings is 1. The molecule has 0 radical (unpaired) electrons. The molecule has 0 aromatic heterocycles. The average Bonchev–Trinajstić information content (AvgIpc) is 2.08. The average molecular weight is 271 g/mol. The van der Waals surface area contributed by atoms with Gasteiger partial charge < -0.3 is 9.92 Å².